The standard InChI is InChI=1S/C12H14N4O/c1-7(2)9-10(13)15-11(16-12(9)17)8-5-3-4-6-14-8/h3-7H,1-2H3,(H3,13,15,16,17). The van der Waals surface area contributed by atoms with Crippen LogP contribution in [0.5, 0.6) is 0 Å². The average molecular weight is 230 g/mol. The van der Waals surface area contributed by atoms with Gasteiger partial charge >= 0.3 is 0 Å². The van der Waals surface area contributed by atoms with Gasteiger partial charge in [-0.2, -0.15) is 0 Å². The van der Waals surface area contributed by atoms with Crippen LogP contribution in [0.25, 0.3) is 11.5 Å². The van der Waals surface area contributed by atoms with E-state index in [2.05, 4.69) is 15.0 Å². The van der Waals surface area contributed by atoms with Crippen LogP contribution in [0.1, 0.15) is 25.3 Å². The molecule has 88 valence electrons. The number of anilines is 1. The minimum Gasteiger partial charge on any atom is -0.383 e. The van der Waals surface area contributed by atoms with E-state index in [1.54, 1.807) is 18.3 Å². The van der Waals surface area contributed by atoms with Gasteiger partial charge in [0.15, 0.2) is 5.82 Å². The van der Waals surface area contributed by atoms with Crippen LogP contribution >= 0.6 is 0 Å². The number of hydrogen-bond acceptors (Lipinski definition) is 4. The van der Waals surface area contributed by atoms with E-state index in [-0.39, 0.29) is 17.3 Å². The average Bonchev–Trinajstić information content (AvgIpc) is 2.28. The largest absolute Gasteiger partial charge is 0.383 e. The molecule has 0 aliphatic rings. The Hall–Kier alpha value is -2.17. The van der Waals surface area contributed by atoms with Crippen molar-refractivity contribution in [2.45, 2.75) is 19.8 Å². The van der Waals surface area contributed by atoms with Gasteiger partial charge in [-0.3, -0.25) is 9.78 Å². The topological polar surface area (TPSA) is 84.7 Å². The normalized spacial score (nSPS) is 10.8. The zero-order valence-electron chi connectivity index (χ0n) is 9.77. The van der Waals surface area contributed by atoms with Crippen molar-refractivity contribution in [1.29, 1.82) is 0 Å². The number of aromatic nitrogens is 3. The predicted molar refractivity (Wildman–Crippen MR) is 66.6 cm³/mol. The minimum atomic E-state index is -0.201. The summed E-state index contributed by atoms with van der Waals surface area (Å²) in [5.41, 5.74) is 6.72. The Morgan fingerprint density at radius 1 is 1.35 bits per heavy atom. The van der Waals surface area contributed by atoms with Gasteiger partial charge in [-0.05, 0) is 18.1 Å². The summed E-state index contributed by atoms with van der Waals surface area (Å²) in [6, 6.07) is 5.40. The lowest BCUT2D eigenvalue weighted by atomic mass is 10.1. The molecular formula is C12H14N4O. The molecule has 2 heterocycles. The second-order valence-electron chi connectivity index (χ2n) is 4.08. The fourth-order valence-electron chi connectivity index (χ4n) is 1.68. The molecule has 0 spiro atoms. The van der Waals surface area contributed by atoms with Gasteiger partial charge in [0.2, 0.25) is 0 Å². The van der Waals surface area contributed by atoms with Crippen molar-refractivity contribution in [3.8, 4) is 11.5 Å². The third-order valence-corrected chi connectivity index (χ3v) is 2.47. The Morgan fingerprint density at radius 3 is 2.65 bits per heavy atom. The van der Waals surface area contributed by atoms with Crippen molar-refractivity contribution >= 4 is 5.82 Å². The first-order valence-corrected chi connectivity index (χ1v) is 5.40. The van der Waals surface area contributed by atoms with Crippen LogP contribution in [0.2, 0.25) is 0 Å². The molecule has 0 unspecified atom stereocenters. The van der Waals surface area contributed by atoms with E-state index in [4.69, 9.17) is 5.73 Å². The molecule has 5 nitrogen and oxygen atoms in total. The Morgan fingerprint density at radius 2 is 2.12 bits per heavy atom. The first-order valence-electron chi connectivity index (χ1n) is 5.40. The van der Waals surface area contributed by atoms with Crippen LogP contribution in [-0.4, -0.2) is 15.0 Å². The molecule has 2 rings (SSSR count). The third-order valence-electron chi connectivity index (χ3n) is 2.47. The van der Waals surface area contributed by atoms with E-state index < -0.39 is 0 Å². The highest BCUT2D eigenvalue weighted by Gasteiger charge is 2.13. The van der Waals surface area contributed by atoms with Gasteiger partial charge in [0.05, 0.1) is 5.56 Å². The molecule has 17 heavy (non-hydrogen) atoms. The van der Waals surface area contributed by atoms with Gasteiger partial charge in [0.1, 0.15) is 11.5 Å². The lowest BCUT2D eigenvalue weighted by Crippen LogP contribution is -2.19. The first-order chi connectivity index (χ1) is 8.09. The van der Waals surface area contributed by atoms with Crippen molar-refractivity contribution in [2.75, 3.05) is 5.73 Å². The highest BCUT2D eigenvalue weighted by Crippen LogP contribution is 2.17. The number of aromatic amines is 1. The van der Waals surface area contributed by atoms with Crippen LogP contribution in [0.3, 0.4) is 0 Å². The maximum Gasteiger partial charge on any atom is 0.256 e. The molecule has 0 saturated heterocycles. The lowest BCUT2D eigenvalue weighted by molar-refractivity contribution is 0.836. The first kappa shape index (κ1) is 11.3. The molecule has 0 atom stereocenters. The van der Waals surface area contributed by atoms with E-state index in [9.17, 15) is 4.79 Å². The summed E-state index contributed by atoms with van der Waals surface area (Å²) in [4.78, 5) is 22.9. The zero-order chi connectivity index (χ0) is 12.4. The monoisotopic (exact) mass is 230 g/mol. The molecule has 5 heteroatoms. The summed E-state index contributed by atoms with van der Waals surface area (Å²) in [6.45, 7) is 3.81. The Labute approximate surface area is 98.7 Å². The molecule has 2 aromatic heterocycles. The number of nitrogens with zero attached hydrogens (tertiary/aromatic N) is 2. The summed E-state index contributed by atoms with van der Waals surface area (Å²) >= 11 is 0. The number of rotatable bonds is 2. The van der Waals surface area contributed by atoms with Gasteiger partial charge in [-0.25, -0.2) is 4.98 Å². The van der Waals surface area contributed by atoms with Gasteiger partial charge in [-0.15, -0.1) is 0 Å². The molecule has 0 amide bonds. The summed E-state index contributed by atoms with van der Waals surface area (Å²) in [5, 5.41) is 0. The molecule has 0 fully saturated rings. The molecule has 3 N–H and O–H groups in total. The number of nitrogens with two attached hydrogens (primary N) is 1. The van der Waals surface area contributed by atoms with Crippen molar-refractivity contribution in [3.63, 3.8) is 0 Å². The predicted octanol–water partition coefficient (Wildman–Crippen LogP) is 1.54. The van der Waals surface area contributed by atoms with Crippen molar-refractivity contribution < 1.29 is 0 Å². The minimum absolute atomic E-state index is 0.0454. The van der Waals surface area contributed by atoms with E-state index in [0.717, 1.165) is 0 Å². The summed E-state index contributed by atoms with van der Waals surface area (Å²) < 4.78 is 0. The number of nitrogen functional groups attached to an aromatic ring is 1. The Bertz CT molecular complexity index is 575. The number of nitrogens with one attached hydrogen (secondary N) is 1. The van der Waals surface area contributed by atoms with Crippen LogP contribution in [0.4, 0.5) is 5.82 Å². The number of H-pyrrole nitrogens is 1. The van der Waals surface area contributed by atoms with Gasteiger partial charge in [0.25, 0.3) is 5.56 Å². The van der Waals surface area contributed by atoms with Crippen LogP contribution in [-0.2, 0) is 0 Å². The molecule has 0 aliphatic heterocycles. The fourth-order valence-corrected chi connectivity index (χ4v) is 1.68. The number of hydrogen-bond donors (Lipinski definition) is 2. The zero-order valence-corrected chi connectivity index (χ0v) is 9.77. The van der Waals surface area contributed by atoms with Gasteiger partial charge in [-0.1, -0.05) is 19.9 Å². The molecule has 0 bridgehead atoms. The smallest absolute Gasteiger partial charge is 0.256 e. The van der Waals surface area contributed by atoms with Crippen molar-refractivity contribution in [3.05, 3.63) is 40.3 Å². The molecule has 0 saturated carbocycles. The van der Waals surface area contributed by atoms with Crippen molar-refractivity contribution in [1.82, 2.24) is 15.0 Å². The van der Waals surface area contributed by atoms with E-state index in [1.165, 1.54) is 0 Å². The lowest BCUT2D eigenvalue weighted by Gasteiger charge is -2.08. The molecule has 0 aliphatic carbocycles. The fraction of sp³-hybridized carbons (Fsp3) is 0.250. The summed E-state index contributed by atoms with van der Waals surface area (Å²) in [7, 11) is 0. The van der Waals surface area contributed by atoms with Gasteiger partial charge in [0, 0.05) is 6.20 Å². The van der Waals surface area contributed by atoms with Gasteiger partial charge < -0.3 is 10.7 Å². The SMILES string of the molecule is CC(C)c1c(N)nc(-c2ccccn2)[nH]c1=O. The summed E-state index contributed by atoms with van der Waals surface area (Å²) in [6.07, 6.45) is 1.64. The van der Waals surface area contributed by atoms with Crippen molar-refractivity contribution in [2.24, 2.45) is 0 Å². The maximum atomic E-state index is 11.9. The quantitative estimate of drug-likeness (QED) is 0.819. The van der Waals surface area contributed by atoms with Crippen LogP contribution in [0.15, 0.2) is 29.2 Å². The van der Waals surface area contributed by atoms with E-state index in [1.807, 2.05) is 19.9 Å². The highest BCUT2D eigenvalue weighted by atomic mass is 16.1. The molecule has 0 aromatic carbocycles. The van der Waals surface area contributed by atoms with Crippen LogP contribution in [0, 0.1) is 0 Å². The third kappa shape index (κ3) is 2.18. The molecule has 0 radical (unpaired) electrons. The van der Waals surface area contributed by atoms with E-state index >= 15 is 0 Å². The molecular weight excluding hydrogens is 216 g/mol. The van der Waals surface area contributed by atoms with Crippen LogP contribution < -0.4 is 11.3 Å². The molecule has 2 aromatic rings. The highest BCUT2D eigenvalue weighted by molar-refractivity contribution is 5.53. The maximum absolute atomic E-state index is 11.9. The summed E-state index contributed by atoms with van der Waals surface area (Å²) in [5.74, 6) is 0.714. The Balaban J connectivity index is 2.58. The second-order valence-corrected chi connectivity index (χ2v) is 4.08. The van der Waals surface area contributed by atoms with E-state index in [0.29, 0.717) is 17.1 Å². The number of pyridine rings is 1. The second kappa shape index (κ2) is 4.37. The Kier molecular flexibility index (Phi) is 2.91.